The molecule has 4 heteroatoms. The first-order valence-electron chi connectivity index (χ1n) is 7.55. The van der Waals surface area contributed by atoms with Crippen LogP contribution in [0, 0.1) is 0 Å². The van der Waals surface area contributed by atoms with Crippen LogP contribution in [0.25, 0.3) is 0 Å². The van der Waals surface area contributed by atoms with Gasteiger partial charge in [-0.2, -0.15) is 0 Å². The Labute approximate surface area is 122 Å². The zero-order valence-corrected chi connectivity index (χ0v) is 12.8. The highest BCUT2D eigenvalue weighted by molar-refractivity contribution is 5.27. The van der Waals surface area contributed by atoms with Crippen molar-refractivity contribution in [3.8, 4) is 5.75 Å². The van der Waals surface area contributed by atoms with Gasteiger partial charge in [0, 0.05) is 26.2 Å². The summed E-state index contributed by atoms with van der Waals surface area (Å²) in [6.07, 6.45) is 1.26. The average Bonchev–Trinajstić information content (AvgIpc) is 2.66. The van der Waals surface area contributed by atoms with Gasteiger partial charge in [0.2, 0.25) is 0 Å². The minimum Gasteiger partial charge on any atom is -0.492 e. The van der Waals surface area contributed by atoms with Crippen LogP contribution in [-0.4, -0.2) is 63.2 Å². The monoisotopic (exact) mass is 277 g/mol. The molecule has 1 N–H and O–H groups in total. The number of rotatable bonds is 6. The first-order chi connectivity index (χ1) is 9.78. The van der Waals surface area contributed by atoms with Gasteiger partial charge in [0.15, 0.2) is 0 Å². The number of hydrogen-bond donors (Lipinski definition) is 1. The minimum absolute atomic E-state index is 0.773. The van der Waals surface area contributed by atoms with E-state index in [0.717, 1.165) is 32.0 Å². The van der Waals surface area contributed by atoms with Crippen LogP contribution in [-0.2, 0) is 6.54 Å². The van der Waals surface area contributed by atoms with Crippen molar-refractivity contribution in [1.82, 2.24) is 15.1 Å². The van der Waals surface area contributed by atoms with E-state index in [1.165, 1.54) is 31.6 Å². The van der Waals surface area contributed by atoms with Gasteiger partial charge in [0.25, 0.3) is 0 Å². The van der Waals surface area contributed by atoms with Crippen LogP contribution in [0.2, 0.25) is 0 Å². The van der Waals surface area contributed by atoms with Gasteiger partial charge in [0.05, 0.1) is 0 Å². The highest BCUT2D eigenvalue weighted by Crippen LogP contribution is 2.12. The van der Waals surface area contributed by atoms with Gasteiger partial charge in [-0.3, -0.25) is 4.90 Å². The van der Waals surface area contributed by atoms with Crippen molar-refractivity contribution >= 4 is 0 Å². The predicted molar refractivity (Wildman–Crippen MR) is 83.3 cm³/mol. The van der Waals surface area contributed by atoms with Gasteiger partial charge in [-0.25, -0.2) is 0 Å². The maximum Gasteiger partial charge on any atom is 0.119 e. The Morgan fingerprint density at radius 2 is 1.90 bits per heavy atom. The fourth-order valence-corrected chi connectivity index (χ4v) is 2.52. The van der Waals surface area contributed by atoms with Gasteiger partial charge in [-0.05, 0) is 51.3 Å². The minimum atomic E-state index is 0.773. The molecule has 1 aromatic carbocycles. The number of nitrogens with zero attached hydrogens (tertiary/aromatic N) is 2. The van der Waals surface area contributed by atoms with Crippen molar-refractivity contribution in [2.24, 2.45) is 0 Å². The van der Waals surface area contributed by atoms with E-state index in [1.807, 2.05) is 7.05 Å². The Hall–Kier alpha value is -1.10. The molecule has 0 aromatic heterocycles. The number of nitrogens with one attached hydrogen (secondary N) is 1. The molecule has 112 valence electrons. The molecule has 1 heterocycles. The molecule has 20 heavy (non-hydrogen) atoms. The van der Waals surface area contributed by atoms with Gasteiger partial charge in [-0.1, -0.05) is 12.1 Å². The molecule has 0 unspecified atom stereocenters. The van der Waals surface area contributed by atoms with Crippen LogP contribution in [0.1, 0.15) is 12.0 Å². The summed E-state index contributed by atoms with van der Waals surface area (Å²) in [5, 5.41) is 3.15. The second kappa shape index (κ2) is 8.25. The molecule has 0 bridgehead atoms. The zero-order chi connectivity index (χ0) is 14.2. The Balaban J connectivity index is 1.69. The van der Waals surface area contributed by atoms with Crippen LogP contribution in [0.3, 0.4) is 0 Å². The summed E-state index contributed by atoms with van der Waals surface area (Å²) in [6, 6.07) is 8.35. The molecule has 1 aliphatic heterocycles. The maximum atomic E-state index is 5.83. The molecule has 1 aliphatic rings. The van der Waals surface area contributed by atoms with E-state index in [0.29, 0.717) is 0 Å². The molecule has 0 aliphatic carbocycles. The molecule has 0 saturated carbocycles. The molecule has 0 amide bonds. The molecular weight excluding hydrogens is 250 g/mol. The lowest BCUT2D eigenvalue weighted by Crippen LogP contribution is -2.32. The molecular formula is C16H27N3O. The molecule has 0 spiro atoms. The van der Waals surface area contributed by atoms with E-state index in [1.54, 1.807) is 0 Å². The topological polar surface area (TPSA) is 27.7 Å². The molecule has 1 saturated heterocycles. The third kappa shape index (κ3) is 5.12. The number of ether oxygens (including phenoxy) is 1. The lowest BCUT2D eigenvalue weighted by molar-refractivity contribution is 0.212. The first-order valence-corrected chi connectivity index (χ1v) is 7.55. The lowest BCUT2D eigenvalue weighted by atomic mass is 10.2. The van der Waals surface area contributed by atoms with E-state index >= 15 is 0 Å². The lowest BCUT2D eigenvalue weighted by Gasteiger charge is -2.20. The summed E-state index contributed by atoms with van der Waals surface area (Å²) in [7, 11) is 4.16. The van der Waals surface area contributed by atoms with Crippen molar-refractivity contribution < 1.29 is 4.74 Å². The Morgan fingerprint density at radius 1 is 1.10 bits per heavy atom. The van der Waals surface area contributed by atoms with Crippen LogP contribution in [0.15, 0.2) is 24.3 Å². The molecule has 0 radical (unpaired) electrons. The van der Waals surface area contributed by atoms with Gasteiger partial charge < -0.3 is 15.0 Å². The van der Waals surface area contributed by atoms with Crippen molar-refractivity contribution in [2.45, 2.75) is 13.0 Å². The summed E-state index contributed by atoms with van der Waals surface area (Å²) < 4.78 is 5.83. The molecule has 0 atom stereocenters. The Morgan fingerprint density at radius 3 is 2.65 bits per heavy atom. The van der Waals surface area contributed by atoms with Crippen LogP contribution in [0.4, 0.5) is 0 Å². The number of hydrogen-bond acceptors (Lipinski definition) is 4. The molecule has 1 aromatic rings. The summed E-state index contributed by atoms with van der Waals surface area (Å²) in [4.78, 5) is 4.90. The van der Waals surface area contributed by atoms with E-state index in [-0.39, 0.29) is 0 Å². The van der Waals surface area contributed by atoms with E-state index in [2.05, 4.69) is 46.4 Å². The average molecular weight is 277 g/mol. The standard InChI is InChI=1S/C16H27N3O/c1-17-14-15-4-6-16(7-5-15)20-13-12-19-9-3-8-18(2)10-11-19/h4-7,17H,3,8-14H2,1-2H3. The SMILES string of the molecule is CNCc1ccc(OCCN2CCCN(C)CC2)cc1. The zero-order valence-electron chi connectivity index (χ0n) is 12.8. The Kier molecular flexibility index (Phi) is 6.30. The van der Waals surface area contributed by atoms with E-state index in [9.17, 15) is 0 Å². The fourth-order valence-electron chi connectivity index (χ4n) is 2.52. The van der Waals surface area contributed by atoms with Crippen molar-refractivity contribution in [3.63, 3.8) is 0 Å². The molecule has 1 fully saturated rings. The van der Waals surface area contributed by atoms with Crippen molar-refractivity contribution in [3.05, 3.63) is 29.8 Å². The highest BCUT2D eigenvalue weighted by atomic mass is 16.5. The van der Waals surface area contributed by atoms with Gasteiger partial charge in [-0.15, -0.1) is 0 Å². The summed E-state index contributed by atoms with van der Waals surface area (Å²) >= 11 is 0. The van der Waals surface area contributed by atoms with Gasteiger partial charge >= 0.3 is 0 Å². The van der Waals surface area contributed by atoms with Crippen molar-refractivity contribution in [1.29, 1.82) is 0 Å². The van der Waals surface area contributed by atoms with Crippen LogP contribution in [0.5, 0.6) is 5.75 Å². The van der Waals surface area contributed by atoms with E-state index in [4.69, 9.17) is 4.74 Å². The normalized spacial score (nSPS) is 17.9. The summed E-state index contributed by atoms with van der Waals surface area (Å²) in [6.45, 7) is 7.42. The summed E-state index contributed by atoms with van der Waals surface area (Å²) in [5.74, 6) is 0.969. The number of likely N-dealkylation sites (N-methyl/N-ethyl adjacent to an activating group) is 1. The van der Waals surface area contributed by atoms with Crippen LogP contribution >= 0.6 is 0 Å². The highest BCUT2D eigenvalue weighted by Gasteiger charge is 2.11. The van der Waals surface area contributed by atoms with Crippen LogP contribution < -0.4 is 10.1 Å². The van der Waals surface area contributed by atoms with Gasteiger partial charge in [0.1, 0.15) is 12.4 Å². The fraction of sp³-hybridized carbons (Fsp3) is 0.625. The first kappa shape index (κ1) is 15.3. The predicted octanol–water partition coefficient (Wildman–Crippen LogP) is 1.42. The molecule has 4 nitrogen and oxygen atoms in total. The third-order valence-corrected chi connectivity index (χ3v) is 3.79. The van der Waals surface area contributed by atoms with E-state index < -0.39 is 0 Å². The molecule has 2 rings (SSSR count). The smallest absolute Gasteiger partial charge is 0.119 e. The largest absolute Gasteiger partial charge is 0.492 e. The second-order valence-corrected chi connectivity index (χ2v) is 5.52. The number of benzene rings is 1. The second-order valence-electron chi connectivity index (χ2n) is 5.52. The maximum absolute atomic E-state index is 5.83. The van der Waals surface area contributed by atoms with Crippen molar-refractivity contribution in [2.75, 3.05) is 53.4 Å². The summed E-state index contributed by atoms with van der Waals surface area (Å²) in [5.41, 5.74) is 1.29. The Bertz CT molecular complexity index is 380. The quantitative estimate of drug-likeness (QED) is 0.851. The third-order valence-electron chi connectivity index (χ3n) is 3.79.